The van der Waals surface area contributed by atoms with E-state index in [-0.39, 0.29) is 0 Å². The molecule has 0 radical (unpaired) electrons. The Morgan fingerprint density at radius 3 is 1.62 bits per heavy atom. The molecule has 0 rings (SSSR count). The van der Waals surface area contributed by atoms with E-state index < -0.39 is 15.4 Å². The van der Waals surface area contributed by atoms with Crippen molar-refractivity contribution in [3.8, 4) is 0 Å². The highest BCUT2D eigenvalue weighted by atomic mass is 28.5. The first-order valence-electron chi connectivity index (χ1n) is 2.16. The first-order valence-corrected chi connectivity index (χ1v) is 3.70. The normalized spacial score (nSPS) is 12.8. The number of hydrogen-bond acceptors (Lipinski definition) is 1. The third kappa shape index (κ3) is 5.97. The van der Waals surface area contributed by atoms with Gasteiger partial charge in [0.05, 0.1) is 0 Å². The number of rotatable bonds is 2. The second-order valence-electron chi connectivity index (χ2n) is 1.61. The molecule has 0 aliphatic rings. The van der Waals surface area contributed by atoms with Crippen LogP contribution in [0.25, 0.3) is 0 Å². The molecule has 1 nitrogen and oxygen atoms in total. The van der Waals surface area contributed by atoms with Gasteiger partial charge in [0.2, 0.25) is 0 Å². The van der Waals surface area contributed by atoms with Crippen LogP contribution in [0.2, 0.25) is 0 Å². The van der Waals surface area contributed by atoms with Crippen molar-refractivity contribution >= 4 is 9.32 Å². The lowest BCUT2D eigenvalue weighted by atomic mass is 10.5. The minimum absolute atomic E-state index is 0.721. The Morgan fingerprint density at radius 1 is 1.25 bits per heavy atom. The first-order chi connectivity index (χ1) is 3.42. The van der Waals surface area contributed by atoms with Crippen molar-refractivity contribution in [2.24, 2.45) is 0 Å². The van der Waals surface area contributed by atoms with Crippen LogP contribution in [0.4, 0.5) is 12.3 Å². The Balaban J connectivity index is 3.39. The van der Waals surface area contributed by atoms with Gasteiger partial charge in [-0.2, -0.15) is 0 Å². The summed E-state index contributed by atoms with van der Waals surface area (Å²) in [6.07, 6.45) is -0.721. The number of halogens is 3. The van der Waals surface area contributed by atoms with Gasteiger partial charge in [-0.05, 0) is 13.8 Å². The van der Waals surface area contributed by atoms with E-state index >= 15 is 0 Å². The zero-order valence-corrected chi connectivity index (χ0v) is 5.62. The van der Waals surface area contributed by atoms with Crippen LogP contribution in [-0.2, 0) is 4.43 Å². The van der Waals surface area contributed by atoms with Crippen molar-refractivity contribution in [2.45, 2.75) is 20.0 Å². The van der Waals surface area contributed by atoms with E-state index in [1.54, 1.807) is 0 Å². The van der Waals surface area contributed by atoms with Crippen LogP contribution in [0.1, 0.15) is 13.8 Å². The SMILES string of the molecule is CC(C)O[Si](F)(F)F. The van der Waals surface area contributed by atoms with E-state index in [0.29, 0.717) is 0 Å². The van der Waals surface area contributed by atoms with E-state index in [1.807, 2.05) is 0 Å². The highest BCUT2D eigenvalue weighted by molar-refractivity contribution is 6.51. The summed E-state index contributed by atoms with van der Waals surface area (Å²) in [6, 6.07) is 0. The maximum Gasteiger partial charge on any atom is 0.802 e. The summed E-state index contributed by atoms with van der Waals surface area (Å²) in [4.78, 5) is 0. The molecule has 0 bridgehead atoms. The molecule has 0 fully saturated rings. The third-order valence-electron chi connectivity index (χ3n) is 0.369. The molecule has 5 heteroatoms. The van der Waals surface area contributed by atoms with E-state index in [4.69, 9.17) is 0 Å². The Hall–Kier alpha value is -0.0331. The molecule has 0 aliphatic carbocycles. The smallest absolute Gasteiger partial charge is 0.340 e. The zero-order chi connectivity index (χ0) is 6.78. The molecule has 50 valence electrons. The molecule has 0 atom stereocenters. The van der Waals surface area contributed by atoms with Crippen LogP contribution in [0.3, 0.4) is 0 Å². The summed E-state index contributed by atoms with van der Waals surface area (Å²) in [5.74, 6) is 0. The lowest BCUT2D eigenvalue weighted by molar-refractivity contribution is 0.130. The summed E-state index contributed by atoms with van der Waals surface area (Å²) < 4.78 is 37.2. The molecule has 0 aromatic carbocycles. The van der Waals surface area contributed by atoms with Crippen molar-refractivity contribution in [1.82, 2.24) is 0 Å². The maximum atomic E-state index is 11.2. The summed E-state index contributed by atoms with van der Waals surface area (Å²) in [6.45, 7) is 2.72. The van der Waals surface area contributed by atoms with Crippen molar-refractivity contribution in [1.29, 1.82) is 0 Å². The highest BCUT2D eigenvalue weighted by Gasteiger charge is 2.42. The van der Waals surface area contributed by atoms with Crippen molar-refractivity contribution < 1.29 is 16.7 Å². The van der Waals surface area contributed by atoms with Gasteiger partial charge in [0.25, 0.3) is 0 Å². The Kier molecular flexibility index (Phi) is 2.49. The van der Waals surface area contributed by atoms with E-state index in [0.717, 1.165) is 0 Å². The molecular weight excluding hydrogens is 137 g/mol. The van der Waals surface area contributed by atoms with Gasteiger partial charge >= 0.3 is 9.32 Å². The predicted molar refractivity (Wildman–Crippen MR) is 25.3 cm³/mol. The summed E-state index contributed by atoms with van der Waals surface area (Å²) in [5.41, 5.74) is 0. The zero-order valence-electron chi connectivity index (χ0n) is 4.62. The van der Waals surface area contributed by atoms with Crippen LogP contribution in [0, 0.1) is 0 Å². The molecule has 0 aromatic heterocycles. The highest BCUT2D eigenvalue weighted by Crippen LogP contribution is 2.11. The fourth-order valence-electron chi connectivity index (χ4n) is 0.267. The molecule has 0 aromatic rings. The largest absolute Gasteiger partial charge is 0.802 e. The second kappa shape index (κ2) is 2.50. The van der Waals surface area contributed by atoms with Crippen LogP contribution in [-0.4, -0.2) is 15.4 Å². The maximum absolute atomic E-state index is 11.2. The Labute approximate surface area is 47.1 Å². The Bertz CT molecular complexity index is 69.4. The molecule has 0 saturated carbocycles. The standard InChI is InChI=1S/C3H7F3OSi/c1-3(2)7-8(4,5)6/h3H,1-2H3. The van der Waals surface area contributed by atoms with Gasteiger partial charge in [0.1, 0.15) is 0 Å². The minimum Gasteiger partial charge on any atom is -0.340 e. The molecule has 8 heavy (non-hydrogen) atoms. The lowest BCUT2D eigenvalue weighted by Crippen LogP contribution is -2.25. The fourth-order valence-corrected chi connectivity index (χ4v) is 0.802. The third-order valence-corrected chi connectivity index (χ3v) is 1.11. The quantitative estimate of drug-likeness (QED) is 0.424. The van der Waals surface area contributed by atoms with Gasteiger partial charge in [-0.15, -0.1) is 0 Å². The summed E-state index contributed by atoms with van der Waals surface area (Å²) in [7, 11) is -5.72. The van der Waals surface area contributed by atoms with Gasteiger partial charge < -0.3 is 4.43 Å². The van der Waals surface area contributed by atoms with E-state index in [2.05, 4.69) is 4.43 Å². The molecule has 0 saturated heterocycles. The van der Waals surface area contributed by atoms with Crippen LogP contribution in [0.5, 0.6) is 0 Å². The van der Waals surface area contributed by atoms with Gasteiger partial charge in [0, 0.05) is 6.10 Å². The van der Waals surface area contributed by atoms with Crippen LogP contribution < -0.4 is 0 Å². The fraction of sp³-hybridized carbons (Fsp3) is 1.00. The minimum atomic E-state index is -5.72. The van der Waals surface area contributed by atoms with Gasteiger partial charge in [-0.25, -0.2) is 12.3 Å². The molecule has 0 spiro atoms. The molecule has 0 unspecified atom stereocenters. The first kappa shape index (κ1) is 7.97. The van der Waals surface area contributed by atoms with E-state index in [1.165, 1.54) is 13.8 Å². The number of hydrogen-bond donors (Lipinski definition) is 0. The predicted octanol–water partition coefficient (Wildman–Crippen LogP) is 1.76. The molecular formula is C3H7F3OSi. The second-order valence-corrected chi connectivity index (χ2v) is 2.74. The summed E-state index contributed by atoms with van der Waals surface area (Å²) >= 11 is 0. The van der Waals surface area contributed by atoms with Crippen molar-refractivity contribution in [3.05, 3.63) is 0 Å². The topological polar surface area (TPSA) is 9.23 Å². The van der Waals surface area contributed by atoms with Gasteiger partial charge in [-0.1, -0.05) is 0 Å². The van der Waals surface area contributed by atoms with Gasteiger partial charge in [0.15, 0.2) is 0 Å². The Morgan fingerprint density at radius 2 is 1.62 bits per heavy atom. The van der Waals surface area contributed by atoms with Crippen LogP contribution >= 0.6 is 0 Å². The molecule has 0 heterocycles. The lowest BCUT2D eigenvalue weighted by Gasteiger charge is -2.05. The van der Waals surface area contributed by atoms with Gasteiger partial charge in [-0.3, -0.25) is 0 Å². The average molecular weight is 144 g/mol. The molecule has 0 amide bonds. The molecule has 0 N–H and O–H groups in total. The monoisotopic (exact) mass is 144 g/mol. The van der Waals surface area contributed by atoms with Crippen molar-refractivity contribution in [3.63, 3.8) is 0 Å². The van der Waals surface area contributed by atoms with Crippen molar-refractivity contribution in [2.75, 3.05) is 0 Å². The molecule has 0 aliphatic heterocycles. The van der Waals surface area contributed by atoms with Crippen LogP contribution in [0.15, 0.2) is 0 Å². The summed E-state index contributed by atoms with van der Waals surface area (Å²) in [5, 5.41) is 0. The van der Waals surface area contributed by atoms with E-state index in [9.17, 15) is 12.3 Å². The average Bonchev–Trinajstić information content (AvgIpc) is 1.21.